The summed E-state index contributed by atoms with van der Waals surface area (Å²) in [4.78, 5) is 37.7. The van der Waals surface area contributed by atoms with E-state index in [0.29, 0.717) is 11.3 Å². The number of amides is 2. The maximum Gasteiger partial charge on any atom is 0.319 e. The number of aryl methyl sites for hydroxylation is 2. The van der Waals surface area contributed by atoms with Crippen LogP contribution >= 0.6 is 11.8 Å². The van der Waals surface area contributed by atoms with E-state index in [2.05, 4.69) is 16.7 Å². The second-order valence-electron chi connectivity index (χ2n) is 7.45. The van der Waals surface area contributed by atoms with Gasteiger partial charge in [0.05, 0.1) is 29.5 Å². The molecule has 32 heavy (non-hydrogen) atoms. The van der Waals surface area contributed by atoms with Crippen molar-refractivity contribution in [1.82, 2.24) is 5.32 Å². The Labute approximate surface area is 190 Å². The van der Waals surface area contributed by atoms with Crippen molar-refractivity contribution in [3.63, 3.8) is 0 Å². The molecule has 0 saturated carbocycles. The van der Waals surface area contributed by atoms with Crippen LogP contribution in [0.5, 0.6) is 0 Å². The number of nitrogens with zero attached hydrogens (tertiary/aromatic N) is 1. The Morgan fingerprint density at radius 1 is 1.16 bits per heavy atom. The number of methoxy groups -OCH3 is 1. The van der Waals surface area contributed by atoms with Crippen LogP contribution < -0.4 is 10.6 Å². The van der Waals surface area contributed by atoms with Crippen molar-refractivity contribution in [2.45, 2.75) is 19.8 Å². The first kappa shape index (κ1) is 23.1. The third-order valence-electron chi connectivity index (χ3n) is 5.00. The molecule has 0 spiro atoms. The standard InChI is InChI=1S/C24H23N3O4S/c1-14-9-15(2)11-17(10-14)26-19(28)13-32-23-18(12-25)20(16-7-5-4-6-8-16)21(22(29)27-23)24(30)31-3/h4-11,20-21H,13H2,1-3H3,(H,26,28)(H,27,29)/t20-,21-/m1/s1. The number of allylic oxidation sites excluding steroid dienone is 1. The lowest BCUT2D eigenvalue weighted by Gasteiger charge is -2.30. The minimum Gasteiger partial charge on any atom is -0.468 e. The van der Waals surface area contributed by atoms with Gasteiger partial charge in [-0.1, -0.05) is 48.2 Å². The van der Waals surface area contributed by atoms with Crippen molar-refractivity contribution in [3.05, 3.63) is 75.8 Å². The monoisotopic (exact) mass is 449 g/mol. The van der Waals surface area contributed by atoms with E-state index >= 15 is 0 Å². The fourth-order valence-corrected chi connectivity index (χ4v) is 4.57. The zero-order valence-electron chi connectivity index (χ0n) is 18.0. The molecule has 0 aliphatic carbocycles. The fraction of sp³-hybridized carbons (Fsp3) is 0.250. The van der Waals surface area contributed by atoms with Crippen LogP contribution in [0.25, 0.3) is 0 Å². The van der Waals surface area contributed by atoms with Gasteiger partial charge in [0, 0.05) is 11.6 Å². The molecular formula is C24H23N3O4S. The smallest absolute Gasteiger partial charge is 0.319 e. The number of nitrogens with one attached hydrogen (secondary N) is 2. The number of carbonyl (C=O) groups excluding carboxylic acids is 3. The van der Waals surface area contributed by atoms with Crippen molar-refractivity contribution in [1.29, 1.82) is 5.26 Å². The summed E-state index contributed by atoms with van der Waals surface area (Å²) in [5.74, 6) is -3.57. The van der Waals surface area contributed by atoms with E-state index in [1.54, 1.807) is 24.3 Å². The minimum atomic E-state index is -1.19. The second kappa shape index (κ2) is 10.2. The van der Waals surface area contributed by atoms with Crippen LogP contribution in [-0.2, 0) is 19.1 Å². The van der Waals surface area contributed by atoms with Crippen molar-refractivity contribution in [2.24, 2.45) is 5.92 Å². The first-order chi connectivity index (χ1) is 15.3. The fourth-order valence-electron chi connectivity index (χ4n) is 3.72. The average molecular weight is 450 g/mol. The summed E-state index contributed by atoms with van der Waals surface area (Å²) >= 11 is 1.05. The maximum absolute atomic E-state index is 12.8. The molecule has 8 heteroatoms. The Hall–Kier alpha value is -3.57. The number of nitriles is 1. The topological polar surface area (TPSA) is 108 Å². The van der Waals surface area contributed by atoms with Crippen LogP contribution in [0.1, 0.15) is 22.6 Å². The second-order valence-corrected chi connectivity index (χ2v) is 8.43. The Balaban J connectivity index is 1.86. The number of benzene rings is 2. The number of hydrogen-bond donors (Lipinski definition) is 2. The Bertz CT molecular complexity index is 1100. The van der Waals surface area contributed by atoms with Gasteiger partial charge in [-0.3, -0.25) is 14.4 Å². The number of hydrogen-bond acceptors (Lipinski definition) is 6. The Kier molecular flexibility index (Phi) is 7.33. The van der Waals surface area contributed by atoms with Crippen LogP contribution in [0.15, 0.2) is 59.1 Å². The van der Waals surface area contributed by atoms with Gasteiger partial charge in [-0.05, 0) is 42.7 Å². The highest BCUT2D eigenvalue weighted by atomic mass is 32.2. The maximum atomic E-state index is 12.8. The van der Waals surface area contributed by atoms with Crippen molar-refractivity contribution < 1.29 is 19.1 Å². The van der Waals surface area contributed by atoms with Gasteiger partial charge in [0.2, 0.25) is 11.8 Å². The van der Waals surface area contributed by atoms with Gasteiger partial charge in [0.15, 0.2) is 0 Å². The quantitative estimate of drug-likeness (QED) is 0.517. The lowest BCUT2D eigenvalue weighted by atomic mass is 9.78. The van der Waals surface area contributed by atoms with E-state index in [9.17, 15) is 19.6 Å². The molecule has 7 nitrogen and oxygen atoms in total. The lowest BCUT2D eigenvalue weighted by Crippen LogP contribution is -2.44. The van der Waals surface area contributed by atoms with Crippen molar-refractivity contribution >= 4 is 35.2 Å². The molecule has 1 aliphatic heterocycles. The largest absolute Gasteiger partial charge is 0.468 e. The van der Waals surface area contributed by atoms with Crippen LogP contribution in [0, 0.1) is 31.1 Å². The highest BCUT2D eigenvalue weighted by molar-refractivity contribution is 8.03. The first-order valence-corrected chi connectivity index (χ1v) is 10.9. The predicted octanol–water partition coefficient (Wildman–Crippen LogP) is 3.41. The van der Waals surface area contributed by atoms with E-state index in [0.717, 1.165) is 22.9 Å². The van der Waals surface area contributed by atoms with Crippen LogP contribution in [-0.4, -0.2) is 30.6 Å². The summed E-state index contributed by atoms with van der Waals surface area (Å²) in [6, 6.07) is 16.7. The van der Waals surface area contributed by atoms with Gasteiger partial charge >= 0.3 is 5.97 Å². The van der Waals surface area contributed by atoms with Crippen LogP contribution in [0.4, 0.5) is 5.69 Å². The number of carbonyl (C=O) groups is 3. The number of thioether (sulfide) groups is 1. The molecule has 2 aromatic rings. The molecule has 2 atom stereocenters. The SMILES string of the molecule is COC(=O)[C@H]1C(=O)NC(SCC(=O)Nc2cc(C)cc(C)c2)=C(C#N)[C@H]1c1ccccc1. The molecule has 2 N–H and O–H groups in total. The number of anilines is 1. The summed E-state index contributed by atoms with van der Waals surface area (Å²) in [6.07, 6.45) is 0. The third kappa shape index (κ3) is 5.18. The normalized spacial score (nSPS) is 17.9. The molecule has 2 amide bonds. The summed E-state index contributed by atoms with van der Waals surface area (Å²) in [6.45, 7) is 3.89. The first-order valence-electron chi connectivity index (χ1n) is 9.93. The molecular weight excluding hydrogens is 426 g/mol. The molecule has 0 fully saturated rings. The summed E-state index contributed by atoms with van der Waals surface area (Å²) in [7, 11) is 1.20. The van der Waals surface area contributed by atoms with Gasteiger partial charge < -0.3 is 15.4 Å². The molecule has 0 aromatic heterocycles. The molecule has 0 bridgehead atoms. The molecule has 2 aromatic carbocycles. The van der Waals surface area contributed by atoms with E-state index in [-0.39, 0.29) is 22.3 Å². The number of rotatable bonds is 6. The van der Waals surface area contributed by atoms with E-state index in [4.69, 9.17) is 4.74 Å². The van der Waals surface area contributed by atoms with Crippen LogP contribution in [0.3, 0.4) is 0 Å². The Morgan fingerprint density at radius 2 is 1.81 bits per heavy atom. The summed E-state index contributed by atoms with van der Waals surface area (Å²) in [5, 5.41) is 15.6. The zero-order valence-corrected chi connectivity index (χ0v) is 18.8. The molecule has 164 valence electrons. The van der Waals surface area contributed by atoms with E-state index in [1.807, 2.05) is 38.1 Å². The Morgan fingerprint density at radius 3 is 2.41 bits per heavy atom. The summed E-state index contributed by atoms with van der Waals surface area (Å²) < 4.78 is 4.82. The number of ether oxygens (including phenoxy) is 1. The van der Waals surface area contributed by atoms with Gasteiger partial charge in [0.1, 0.15) is 5.92 Å². The van der Waals surface area contributed by atoms with E-state index < -0.39 is 23.7 Å². The van der Waals surface area contributed by atoms with E-state index in [1.165, 1.54) is 7.11 Å². The van der Waals surface area contributed by atoms with Gasteiger partial charge in [0.25, 0.3) is 0 Å². The van der Waals surface area contributed by atoms with Crippen molar-refractivity contribution in [3.8, 4) is 6.07 Å². The molecule has 0 unspecified atom stereocenters. The molecule has 1 heterocycles. The summed E-state index contributed by atoms with van der Waals surface area (Å²) in [5.41, 5.74) is 3.61. The molecule has 1 aliphatic rings. The average Bonchev–Trinajstić information content (AvgIpc) is 2.76. The number of esters is 1. The van der Waals surface area contributed by atoms with Gasteiger partial charge in [-0.25, -0.2) is 0 Å². The molecule has 3 rings (SSSR count). The zero-order chi connectivity index (χ0) is 23.3. The van der Waals surface area contributed by atoms with Crippen molar-refractivity contribution in [2.75, 3.05) is 18.2 Å². The predicted molar refractivity (Wildman–Crippen MR) is 122 cm³/mol. The van der Waals surface area contributed by atoms with Gasteiger partial charge in [-0.15, -0.1) is 0 Å². The molecule has 0 radical (unpaired) electrons. The highest BCUT2D eigenvalue weighted by Crippen LogP contribution is 2.40. The van der Waals surface area contributed by atoms with Crippen LogP contribution in [0.2, 0.25) is 0 Å². The molecule has 0 saturated heterocycles. The highest BCUT2D eigenvalue weighted by Gasteiger charge is 2.44. The third-order valence-corrected chi connectivity index (χ3v) is 6.01. The lowest BCUT2D eigenvalue weighted by molar-refractivity contribution is -0.150. The van der Waals surface area contributed by atoms with Gasteiger partial charge in [-0.2, -0.15) is 5.26 Å². The minimum absolute atomic E-state index is 0.0157.